The smallest absolute Gasteiger partial charge is 0.163 e. The van der Waals surface area contributed by atoms with Gasteiger partial charge < -0.3 is 14.8 Å². The van der Waals surface area contributed by atoms with Gasteiger partial charge in [-0.1, -0.05) is 6.92 Å². The van der Waals surface area contributed by atoms with E-state index in [0.717, 1.165) is 48.9 Å². The summed E-state index contributed by atoms with van der Waals surface area (Å²) in [5.74, 6) is 1.65. The van der Waals surface area contributed by atoms with Crippen LogP contribution >= 0.6 is 0 Å². The maximum Gasteiger partial charge on any atom is 0.163 e. The highest BCUT2D eigenvalue weighted by Gasteiger charge is 2.11. The summed E-state index contributed by atoms with van der Waals surface area (Å²) in [4.78, 5) is 0. The number of anilines is 1. The Morgan fingerprint density at radius 1 is 1.24 bits per heavy atom. The van der Waals surface area contributed by atoms with E-state index in [9.17, 15) is 0 Å². The zero-order valence-corrected chi connectivity index (χ0v) is 12.6. The Morgan fingerprint density at radius 3 is 2.86 bits per heavy atom. The molecule has 0 saturated carbocycles. The summed E-state index contributed by atoms with van der Waals surface area (Å²) in [6.07, 6.45) is 3.93. The number of hydrogen-bond acceptors (Lipinski definition) is 4. The summed E-state index contributed by atoms with van der Waals surface area (Å²) in [5.41, 5.74) is 3.40. The van der Waals surface area contributed by atoms with Gasteiger partial charge in [-0.05, 0) is 18.6 Å². The van der Waals surface area contributed by atoms with Crippen molar-refractivity contribution >= 4 is 5.69 Å². The molecule has 3 rings (SSSR count). The number of benzene rings is 1. The van der Waals surface area contributed by atoms with E-state index < -0.39 is 0 Å². The van der Waals surface area contributed by atoms with E-state index >= 15 is 0 Å². The van der Waals surface area contributed by atoms with Gasteiger partial charge in [0.05, 0.1) is 18.9 Å². The molecule has 0 bridgehead atoms. The van der Waals surface area contributed by atoms with Gasteiger partial charge in [0.15, 0.2) is 11.5 Å². The Bertz CT molecular complexity index is 622. The molecule has 0 spiro atoms. The molecule has 0 atom stereocenters. The summed E-state index contributed by atoms with van der Waals surface area (Å²) in [6.45, 7) is 4.31. The minimum absolute atomic E-state index is 0.707. The highest BCUT2D eigenvalue weighted by molar-refractivity contribution is 5.55. The average Bonchev–Trinajstić information content (AvgIpc) is 2.70. The topological polar surface area (TPSA) is 48.3 Å². The predicted octanol–water partition coefficient (Wildman–Crippen LogP) is 2.76. The van der Waals surface area contributed by atoms with Crippen molar-refractivity contribution in [3.05, 3.63) is 35.7 Å². The van der Waals surface area contributed by atoms with Crippen molar-refractivity contribution in [1.29, 1.82) is 0 Å². The molecular weight excluding hydrogens is 266 g/mol. The normalized spacial score (nSPS) is 13.8. The largest absolute Gasteiger partial charge is 0.490 e. The summed E-state index contributed by atoms with van der Waals surface area (Å²) in [5, 5.41) is 7.89. The number of aromatic nitrogens is 2. The lowest BCUT2D eigenvalue weighted by Gasteiger charge is -2.11. The zero-order chi connectivity index (χ0) is 14.7. The van der Waals surface area contributed by atoms with Crippen molar-refractivity contribution in [3.8, 4) is 11.5 Å². The second-order valence-corrected chi connectivity index (χ2v) is 5.19. The van der Waals surface area contributed by atoms with Crippen molar-refractivity contribution in [1.82, 2.24) is 9.78 Å². The number of nitrogens with zero attached hydrogens (tertiary/aromatic N) is 2. The molecule has 0 amide bonds. The Kier molecular flexibility index (Phi) is 3.99. The Balaban J connectivity index is 1.71. The van der Waals surface area contributed by atoms with E-state index in [1.807, 2.05) is 29.9 Å². The Morgan fingerprint density at radius 2 is 2.05 bits per heavy atom. The Labute approximate surface area is 124 Å². The van der Waals surface area contributed by atoms with Crippen LogP contribution in [-0.4, -0.2) is 23.0 Å². The van der Waals surface area contributed by atoms with Crippen LogP contribution < -0.4 is 14.8 Å². The summed E-state index contributed by atoms with van der Waals surface area (Å²) in [6, 6.07) is 5.99. The molecule has 21 heavy (non-hydrogen) atoms. The molecule has 2 heterocycles. The molecule has 1 aromatic heterocycles. The van der Waals surface area contributed by atoms with Crippen LogP contribution in [0.3, 0.4) is 0 Å². The van der Waals surface area contributed by atoms with Crippen LogP contribution in [0.25, 0.3) is 0 Å². The highest BCUT2D eigenvalue weighted by Crippen LogP contribution is 2.32. The minimum Gasteiger partial charge on any atom is -0.490 e. The maximum atomic E-state index is 5.71. The predicted molar refractivity (Wildman–Crippen MR) is 82.0 cm³/mol. The Hall–Kier alpha value is -2.17. The fourth-order valence-electron chi connectivity index (χ4n) is 2.50. The number of hydrogen-bond donors (Lipinski definition) is 1. The van der Waals surface area contributed by atoms with Gasteiger partial charge in [0.1, 0.15) is 0 Å². The fourth-order valence-corrected chi connectivity index (χ4v) is 2.50. The minimum atomic E-state index is 0.707. The highest BCUT2D eigenvalue weighted by atomic mass is 16.5. The number of nitrogens with one attached hydrogen (secondary N) is 1. The monoisotopic (exact) mass is 287 g/mol. The lowest BCUT2D eigenvalue weighted by molar-refractivity contribution is 0.297. The maximum absolute atomic E-state index is 5.71. The molecule has 1 aliphatic heterocycles. The average molecular weight is 287 g/mol. The van der Waals surface area contributed by atoms with Gasteiger partial charge in [0, 0.05) is 43.5 Å². The van der Waals surface area contributed by atoms with Gasteiger partial charge in [0.2, 0.25) is 0 Å². The van der Waals surface area contributed by atoms with E-state index in [4.69, 9.17) is 9.47 Å². The number of aryl methyl sites for hydroxylation is 2. The van der Waals surface area contributed by atoms with E-state index in [-0.39, 0.29) is 0 Å². The van der Waals surface area contributed by atoms with E-state index in [1.54, 1.807) is 0 Å². The van der Waals surface area contributed by atoms with Gasteiger partial charge in [-0.2, -0.15) is 5.10 Å². The molecule has 0 unspecified atom stereocenters. The van der Waals surface area contributed by atoms with Crippen LogP contribution in [0.15, 0.2) is 24.4 Å². The van der Waals surface area contributed by atoms with E-state index in [1.165, 1.54) is 5.56 Å². The lowest BCUT2D eigenvalue weighted by Crippen LogP contribution is -2.01. The standard InChI is InChI=1S/C16H21N3O2/c1-3-14-12(11-19(2)18-14)10-17-13-5-6-15-16(9-13)21-8-4-7-20-15/h5-6,9,11,17H,3-4,7-8,10H2,1-2H3. The third kappa shape index (κ3) is 3.12. The molecule has 0 radical (unpaired) electrons. The van der Waals surface area contributed by atoms with Gasteiger partial charge in [-0.3, -0.25) is 4.68 Å². The van der Waals surface area contributed by atoms with E-state index in [2.05, 4.69) is 23.5 Å². The van der Waals surface area contributed by atoms with Crippen LogP contribution in [0.4, 0.5) is 5.69 Å². The molecule has 5 heteroatoms. The molecule has 2 aromatic rings. The number of ether oxygens (including phenoxy) is 2. The number of rotatable bonds is 4. The first kappa shape index (κ1) is 13.8. The van der Waals surface area contributed by atoms with Crippen LogP contribution in [0.2, 0.25) is 0 Å². The van der Waals surface area contributed by atoms with Crippen LogP contribution in [0, 0.1) is 0 Å². The molecule has 0 saturated heterocycles. The van der Waals surface area contributed by atoms with Gasteiger partial charge in [0.25, 0.3) is 0 Å². The van der Waals surface area contributed by atoms with Crippen molar-refractivity contribution in [2.75, 3.05) is 18.5 Å². The van der Waals surface area contributed by atoms with Crippen LogP contribution in [-0.2, 0) is 20.0 Å². The van der Waals surface area contributed by atoms with Crippen LogP contribution in [0.1, 0.15) is 24.6 Å². The first-order valence-electron chi connectivity index (χ1n) is 7.41. The summed E-state index contributed by atoms with van der Waals surface area (Å²) < 4.78 is 13.2. The van der Waals surface area contributed by atoms with Crippen molar-refractivity contribution in [2.24, 2.45) is 7.05 Å². The van der Waals surface area contributed by atoms with Gasteiger partial charge in [-0.15, -0.1) is 0 Å². The second-order valence-electron chi connectivity index (χ2n) is 5.19. The lowest BCUT2D eigenvalue weighted by atomic mass is 10.2. The first-order valence-corrected chi connectivity index (χ1v) is 7.41. The molecule has 5 nitrogen and oxygen atoms in total. The van der Waals surface area contributed by atoms with Gasteiger partial charge >= 0.3 is 0 Å². The van der Waals surface area contributed by atoms with Gasteiger partial charge in [-0.25, -0.2) is 0 Å². The quantitative estimate of drug-likeness (QED) is 0.939. The molecule has 1 aliphatic rings. The molecule has 0 aliphatic carbocycles. The first-order chi connectivity index (χ1) is 10.3. The van der Waals surface area contributed by atoms with Crippen molar-refractivity contribution in [3.63, 3.8) is 0 Å². The van der Waals surface area contributed by atoms with Crippen molar-refractivity contribution in [2.45, 2.75) is 26.3 Å². The zero-order valence-electron chi connectivity index (χ0n) is 12.6. The molecule has 1 N–H and O–H groups in total. The van der Waals surface area contributed by atoms with E-state index in [0.29, 0.717) is 6.61 Å². The summed E-state index contributed by atoms with van der Waals surface area (Å²) >= 11 is 0. The molecule has 0 fully saturated rings. The van der Waals surface area contributed by atoms with Crippen LogP contribution in [0.5, 0.6) is 11.5 Å². The molecule has 1 aromatic carbocycles. The summed E-state index contributed by atoms with van der Waals surface area (Å²) in [7, 11) is 1.95. The number of fused-ring (bicyclic) bond motifs is 1. The fraction of sp³-hybridized carbons (Fsp3) is 0.438. The third-order valence-electron chi connectivity index (χ3n) is 3.56. The SMILES string of the molecule is CCc1nn(C)cc1CNc1ccc2c(c1)OCCCO2. The van der Waals surface area contributed by atoms with Crippen molar-refractivity contribution < 1.29 is 9.47 Å². The molecule has 112 valence electrons. The molecular formula is C16H21N3O2. The second kappa shape index (κ2) is 6.08. The third-order valence-corrected chi connectivity index (χ3v) is 3.56.